The van der Waals surface area contributed by atoms with Crippen LogP contribution >= 0.6 is 11.8 Å². The van der Waals surface area contributed by atoms with Crippen LogP contribution in [0.3, 0.4) is 0 Å². The number of fused-ring (bicyclic) bond motifs is 1. The lowest BCUT2D eigenvalue weighted by atomic mass is 10.2. The Bertz CT molecular complexity index is 443. The van der Waals surface area contributed by atoms with Crippen molar-refractivity contribution in [2.75, 3.05) is 18.0 Å². The second kappa shape index (κ2) is 5.76. The number of thioether (sulfide) groups is 1. The molecule has 0 saturated carbocycles. The Kier molecular flexibility index (Phi) is 4.30. The van der Waals surface area contributed by atoms with Gasteiger partial charge in [-0.3, -0.25) is 4.79 Å². The predicted octanol–water partition coefficient (Wildman–Crippen LogP) is 2.43. The number of benzene rings is 1. The van der Waals surface area contributed by atoms with Crippen LogP contribution in [0.1, 0.15) is 25.8 Å². The molecule has 0 saturated heterocycles. The van der Waals surface area contributed by atoms with Crippen molar-refractivity contribution in [3.8, 4) is 0 Å². The first kappa shape index (κ1) is 13.4. The first-order chi connectivity index (χ1) is 8.65. The molecule has 1 aromatic carbocycles. The first-order valence-electron chi connectivity index (χ1n) is 6.43. The number of carbonyl (C=O) groups is 1. The molecule has 0 aliphatic carbocycles. The smallest absolute Gasteiger partial charge is 0.223 e. The van der Waals surface area contributed by atoms with Crippen LogP contribution in [0.5, 0.6) is 0 Å². The highest BCUT2D eigenvalue weighted by Gasteiger charge is 2.22. The summed E-state index contributed by atoms with van der Waals surface area (Å²) in [4.78, 5) is 14.6. The molecule has 98 valence electrons. The number of hydrogen-bond donors (Lipinski definition) is 1. The van der Waals surface area contributed by atoms with Gasteiger partial charge in [-0.1, -0.05) is 6.92 Å². The molecule has 1 aliphatic rings. The lowest BCUT2D eigenvalue weighted by Crippen LogP contribution is -2.25. The van der Waals surface area contributed by atoms with E-state index in [-0.39, 0.29) is 5.91 Å². The predicted molar refractivity (Wildman–Crippen MR) is 77.2 cm³/mol. The molecule has 4 heteroatoms. The molecule has 1 unspecified atom stereocenters. The van der Waals surface area contributed by atoms with E-state index in [2.05, 4.69) is 25.1 Å². The second-order valence-electron chi connectivity index (χ2n) is 4.59. The van der Waals surface area contributed by atoms with Gasteiger partial charge < -0.3 is 10.6 Å². The van der Waals surface area contributed by atoms with Crippen LogP contribution in [0, 0.1) is 0 Å². The van der Waals surface area contributed by atoms with Crippen LogP contribution < -0.4 is 10.6 Å². The number of nitrogens with zero attached hydrogens (tertiary/aromatic N) is 1. The van der Waals surface area contributed by atoms with E-state index in [1.54, 1.807) is 6.92 Å². The van der Waals surface area contributed by atoms with Crippen molar-refractivity contribution in [1.29, 1.82) is 0 Å². The highest BCUT2D eigenvalue weighted by Crippen LogP contribution is 2.33. The van der Waals surface area contributed by atoms with Gasteiger partial charge in [0.2, 0.25) is 5.91 Å². The maximum absolute atomic E-state index is 11.5. The third kappa shape index (κ3) is 2.70. The van der Waals surface area contributed by atoms with Gasteiger partial charge in [0.25, 0.3) is 0 Å². The van der Waals surface area contributed by atoms with Crippen molar-refractivity contribution < 1.29 is 4.79 Å². The minimum absolute atomic E-state index is 0.127. The Morgan fingerprint density at radius 1 is 1.56 bits per heavy atom. The SMILES string of the molecule is CCC(CN)Sc1ccc2c(c1)CCN2C(C)=O. The average Bonchev–Trinajstić information content (AvgIpc) is 2.78. The lowest BCUT2D eigenvalue weighted by molar-refractivity contribution is -0.116. The number of carbonyl (C=O) groups excluding carboxylic acids is 1. The zero-order chi connectivity index (χ0) is 13.1. The molecule has 1 atom stereocenters. The first-order valence-corrected chi connectivity index (χ1v) is 7.31. The fraction of sp³-hybridized carbons (Fsp3) is 0.500. The summed E-state index contributed by atoms with van der Waals surface area (Å²) in [6, 6.07) is 6.37. The van der Waals surface area contributed by atoms with E-state index in [0.717, 1.165) is 25.1 Å². The summed E-state index contributed by atoms with van der Waals surface area (Å²) in [7, 11) is 0. The third-order valence-electron chi connectivity index (χ3n) is 3.35. The van der Waals surface area contributed by atoms with Gasteiger partial charge in [-0.2, -0.15) is 0 Å². The third-order valence-corrected chi connectivity index (χ3v) is 4.73. The van der Waals surface area contributed by atoms with E-state index in [0.29, 0.717) is 11.8 Å². The molecule has 2 rings (SSSR count). The molecule has 1 amide bonds. The van der Waals surface area contributed by atoms with Crippen molar-refractivity contribution in [2.24, 2.45) is 5.73 Å². The van der Waals surface area contributed by atoms with Gasteiger partial charge >= 0.3 is 0 Å². The van der Waals surface area contributed by atoms with Gasteiger partial charge in [0.1, 0.15) is 0 Å². The number of hydrogen-bond acceptors (Lipinski definition) is 3. The Labute approximate surface area is 113 Å². The molecule has 0 fully saturated rings. The van der Waals surface area contributed by atoms with Crippen LogP contribution in [0.4, 0.5) is 5.69 Å². The average molecular weight is 264 g/mol. The molecule has 1 aromatic rings. The van der Waals surface area contributed by atoms with E-state index < -0.39 is 0 Å². The Hall–Kier alpha value is -1.00. The zero-order valence-electron chi connectivity index (χ0n) is 11.0. The van der Waals surface area contributed by atoms with Crippen molar-refractivity contribution in [1.82, 2.24) is 0 Å². The Morgan fingerprint density at radius 2 is 2.33 bits per heavy atom. The monoisotopic (exact) mass is 264 g/mol. The van der Waals surface area contributed by atoms with E-state index in [9.17, 15) is 4.79 Å². The molecule has 3 nitrogen and oxygen atoms in total. The fourth-order valence-electron chi connectivity index (χ4n) is 2.27. The maximum atomic E-state index is 11.5. The number of nitrogens with two attached hydrogens (primary N) is 1. The Morgan fingerprint density at radius 3 is 2.94 bits per heavy atom. The zero-order valence-corrected chi connectivity index (χ0v) is 11.8. The van der Waals surface area contributed by atoms with Crippen LogP contribution in [0.25, 0.3) is 0 Å². The molecule has 1 heterocycles. The van der Waals surface area contributed by atoms with E-state index in [1.807, 2.05) is 16.7 Å². The fourth-order valence-corrected chi connectivity index (χ4v) is 3.27. The lowest BCUT2D eigenvalue weighted by Gasteiger charge is -2.16. The van der Waals surface area contributed by atoms with Crippen LogP contribution in [0.2, 0.25) is 0 Å². The molecule has 0 aromatic heterocycles. The largest absolute Gasteiger partial charge is 0.329 e. The summed E-state index contributed by atoms with van der Waals surface area (Å²) in [5.74, 6) is 0.127. The summed E-state index contributed by atoms with van der Waals surface area (Å²) in [5, 5.41) is 0.480. The highest BCUT2D eigenvalue weighted by atomic mass is 32.2. The van der Waals surface area contributed by atoms with Crippen molar-refractivity contribution in [3.63, 3.8) is 0 Å². The topological polar surface area (TPSA) is 46.3 Å². The van der Waals surface area contributed by atoms with Gasteiger partial charge in [0.05, 0.1) is 0 Å². The summed E-state index contributed by atoms with van der Waals surface area (Å²) >= 11 is 1.84. The molecule has 0 spiro atoms. The summed E-state index contributed by atoms with van der Waals surface area (Å²) in [6.45, 7) is 5.30. The summed E-state index contributed by atoms with van der Waals surface area (Å²) < 4.78 is 0. The van der Waals surface area contributed by atoms with Gasteiger partial charge in [-0.15, -0.1) is 11.8 Å². The molecule has 1 aliphatic heterocycles. The number of rotatable bonds is 4. The maximum Gasteiger partial charge on any atom is 0.223 e. The van der Waals surface area contributed by atoms with E-state index in [4.69, 9.17) is 5.73 Å². The second-order valence-corrected chi connectivity index (χ2v) is 5.97. The minimum Gasteiger partial charge on any atom is -0.329 e. The van der Waals surface area contributed by atoms with Crippen molar-refractivity contribution in [3.05, 3.63) is 23.8 Å². The highest BCUT2D eigenvalue weighted by molar-refractivity contribution is 8.00. The molecule has 0 bridgehead atoms. The van der Waals surface area contributed by atoms with Gasteiger partial charge in [-0.25, -0.2) is 0 Å². The Balaban J connectivity index is 2.17. The van der Waals surface area contributed by atoms with Crippen molar-refractivity contribution >= 4 is 23.4 Å². The van der Waals surface area contributed by atoms with Crippen LogP contribution in [0.15, 0.2) is 23.1 Å². The van der Waals surface area contributed by atoms with Gasteiger partial charge in [0, 0.05) is 35.8 Å². The molecule has 2 N–H and O–H groups in total. The van der Waals surface area contributed by atoms with E-state index in [1.165, 1.54) is 10.5 Å². The van der Waals surface area contributed by atoms with Crippen LogP contribution in [-0.2, 0) is 11.2 Å². The number of anilines is 1. The normalized spacial score (nSPS) is 15.6. The molecule has 18 heavy (non-hydrogen) atoms. The molecular formula is C14H20N2OS. The summed E-state index contributed by atoms with van der Waals surface area (Å²) in [6.07, 6.45) is 2.04. The van der Waals surface area contributed by atoms with Gasteiger partial charge in [0.15, 0.2) is 0 Å². The molecule has 0 radical (unpaired) electrons. The standard InChI is InChI=1S/C14H20N2OS/c1-3-12(9-15)18-13-4-5-14-11(8-13)6-7-16(14)10(2)17/h4-5,8,12H,3,6-7,9,15H2,1-2H3. The van der Waals surface area contributed by atoms with E-state index >= 15 is 0 Å². The number of amides is 1. The van der Waals surface area contributed by atoms with Gasteiger partial charge in [-0.05, 0) is 36.6 Å². The quantitative estimate of drug-likeness (QED) is 0.850. The minimum atomic E-state index is 0.127. The summed E-state index contributed by atoms with van der Waals surface area (Å²) in [5.41, 5.74) is 8.09. The van der Waals surface area contributed by atoms with Crippen LogP contribution in [-0.4, -0.2) is 24.2 Å². The van der Waals surface area contributed by atoms with Crippen molar-refractivity contribution in [2.45, 2.75) is 36.8 Å². The molecular weight excluding hydrogens is 244 g/mol.